The van der Waals surface area contributed by atoms with Crippen molar-refractivity contribution >= 4 is 40.7 Å². The Morgan fingerprint density at radius 1 is 1.18 bits per heavy atom. The predicted octanol–water partition coefficient (Wildman–Crippen LogP) is 4.77. The average molecular weight is 507 g/mol. The second-order valence-corrected chi connectivity index (χ2v) is 9.03. The molecule has 182 valence electrons. The van der Waals surface area contributed by atoms with Crippen molar-refractivity contribution in [3.05, 3.63) is 63.1 Å². The number of halogens is 2. The van der Waals surface area contributed by atoms with E-state index in [0.29, 0.717) is 24.5 Å². The lowest BCUT2D eigenvalue weighted by Gasteiger charge is -2.27. The lowest BCUT2D eigenvalue weighted by atomic mass is 9.94. The van der Waals surface area contributed by atoms with Crippen LogP contribution in [0.4, 0.5) is 0 Å². The number of ether oxygens (including phenoxy) is 2. The van der Waals surface area contributed by atoms with Crippen LogP contribution in [-0.2, 0) is 9.59 Å². The molecule has 34 heavy (non-hydrogen) atoms. The van der Waals surface area contributed by atoms with Crippen LogP contribution >= 0.6 is 23.2 Å². The molecule has 3 rings (SSSR count). The molecule has 0 bridgehead atoms. The zero-order valence-electron chi connectivity index (χ0n) is 19.6. The monoisotopic (exact) mass is 506 g/mol. The molecule has 0 radical (unpaired) electrons. The van der Waals surface area contributed by atoms with Crippen molar-refractivity contribution in [3.63, 3.8) is 0 Å². The number of likely N-dealkylation sites (tertiary alicyclic amines) is 1. The Kier molecular flexibility index (Phi) is 8.47. The van der Waals surface area contributed by atoms with E-state index < -0.39 is 23.5 Å². The van der Waals surface area contributed by atoms with Gasteiger partial charge in [0.15, 0.2) is 0 Å². The molecule has 1 atom stereocenters. The third-order valence-corrected chi connectivity index (χ3v) is 5.94. The summed E-state index contributed by atoms with van der Waals surface area (Å²) in [7, 11) is 5.15. The number of Topliss-reactive ketones (excluding diaryl/α,β-unsaturated/α-hetero) is 1. The predicted molar refractivity (Wildman–Crippen MR) is 133 cm³/mol. The van der Waals surface area contributed by atoms with Crippen molar-refractivity contribution in [1.29, 1.82) is 0 Å². The third-order valence-electron chi connectivity index (χ3n) is 5.44. The summed E-state index contributed by atoms with van der Waals surface area (Å²) >= 11 is 12.4. The summed E-state index contributed by atoms with van der Waals surface area (Å²) in [6, 6.07) is 9.28. The number of amides is 1. The molecule has 0 spiro atoms. The van der Waals surface area contributed by atoms with Crippen LogP contribution in [0.15, 0.2) is 42.0 Å². The Bertz CT molecular complexity index is 1120. The van der Waals surface area contributed by atoms with Crippen LogP contribution in [0.3, 0.4) is 0 Å². The summed E-state index contributed by atoms with van der Waals surface area (Å²) in [5, 5.41) is 11.8. The Labute approximate surface area is 209 Å². The molecule has 0 saturated carbocycles. The molecule has 0 aromatic heterocycles. The van der Waals surface area contributed by atoms with Crippen LogP contribution < -0.4 is 9.47 Å². The highest BCUT2D eigenvalue weighted by molar-refractivity contribution is 6.46. The Morgan fingerprint density at radius 2 is 1.91 bits per heavy atom. The molecule has 1 saturated heterocycles. The molecule has 7 nitrogen and oxygen atoms in total. The Morgan fingerprint density at radius 3 is 2.56 bits per heavy atom. The van der Waals surface area contributed by atoms with E-state index in [1.165, 1.54) is 24.1 Å². The summed E-state index contributed by atoms with van der Waals surface area (Å²) in [5.74, 6) is -1.13. The van der Waals surface area contributed by atoms with Crippen LogP contribution in [0.25, 0.3) is 5.76 Å². The zero-order chi connectivity index (χ0) is 25.0. The number of aliphatic hydroxyl groups excluding tert-OH is 1. The minimum atomic E-state index is -0.826. The van der Waals surface area contributed by atoms with Gasteiger partial charge in [0.05, 0.1) is 35.9 Å². The van der Waals surface area contributed by atoms with Gasteiger partial charge < -0.3 is 24.4 Å². The number of benzene rings is 2. The van der Waals surface area contributed by atoms with E-state index in [1.807, 2.05) is 32.0 Å². The molecule has 1 amide bonds. The number of likely N-dealkylation sites (N-methyl/N-ethyl adjacent to an activating group) is 1. The minimum Gasteiger partial charge on any atom is -0.507 e. The number of hydrogen-bond donors (Lipinski definition) is 1. The molecular weight excluding hydrogens is 479 g/mol. The lowest BCUT2D eigenvalue weighted by Crippen LogP contribution is -2.35. The lowest BCUT2D eigenvalue weighted by molar-refractivity contribution is -0.140. The topological polar surface area (TPSA) is 79.3 Å². The summed E-state index contributed by atoms with van der Waals surface area (Å²) in [5.41, 5.74) is 0.710. The number of carbonyl (C=O) groups is 2. The highest BCUT2D eigenvalue weighted by atomic mass is 35.5. The fourth-order valence-corrected chi connectivity index (χ4v) is 4.42. The maximum absolute atomic E-state index is 13.2. The van der Waals surface area contributed by atoms with Gasteiger partial charge in [0.2, 0.25) is 0 Å². The highest BCUT2D eigenvalue weighted by Gasteiger charge is 2.46. The van der Waals surface area contributed by atoms with Gasteiger partial charge in [0, 0.05) is 18.1 Å². The summed E-state index contributed by atoms with van der Waals surface area (Å²) in [6.45, 7) is 3.35. The number of aliphatic hydroxyl groups is 1. The number of methoxy groups -OCH3 is 1. The first-order chi connectivity index (χ1) is 16.2. The summed E-state index contributed by atoms with van der Waals surface area (Å²) in [6.07, 6.45) is 0.834. The van der Waals surface area contributed by atoms with E-state index in [9.17, 15) is 14.7 Å². The van der Waals surface area contributed by atoms with Crippen LogP contribution in [-0.4, -0.2) is 67.5 Å². The van der Waals surface area contributed by atoms with Crippen molar-refractivity contribution in [3.8, 4) is 11.5 Å². The molecule has 9 heteroatoms. The first-order valence-corrected chi connectivity index (χ1v) is 11.6. The van der Waals surface area contributed by atoms with E-state index in [-0.39, 0.29) is 33.5 Å². The average Bonchev–Trinajstić information content (AvgIpc) is 3.05. The molecule has 1 N–H and O–H groups in total. The normalized spacial score (nSPS) is 17.5. The summed E-state index contributed by atoms with van der Waals surface area (Å²) < 4.78 is 11.1. The van der Waals surface area contributed by atoms with Gasteiger partial charge in [-0.3, -0.25) is 9.59 Å². The molecule has 2 aromatic rings. The van der Waals surface area contributed by atoms with Crippen molar-refractivity contribution in [2.24, 2.45) is 0 Å². The second-order valence-electron chi connectivity index (χ2n) is 8.19. The first-order valence-electron chi connectivity index (χ1n) is 10.9. The van der Waals surface area contributed by atoms with Crippen LogP contribution in [0, 0.1) is 0 Å². The fraction of sp³-hybridized carbons (Fsp3) is 0.360. The fourth-order valence-electron chi connectivity index (χ4n) is 3.85. The van der Waals surface area contributed by atoms with Gasteiger partial charge in [-0.2, -0.15) is 0 Å². The summed E-state index contributed by atoms with van der Waals surface area (Å²) in [4.78, 5) is 29.7. The molecule has 2 aromatic carbocycles. The maximum atomic E-state index is 13.2. The molecule has 1 unspecified atom stereocenters. The smallest absolute Gasteiger partial charge is 0.295 e. The van der Waals surface area contributed by atoms with E-state index in [1.54, 1.807) is 18.2 Å². The zero-order valence-corrected chi connectivity index (χ0v) is 21.1. The quantitative estimate of drug-likeness (QED) is 0.299. The number of nitrogens with zero attached hydrogens (tertiary/aromatic N) is 2. The van der Waals surface area contributed by atoms with Gasteiger partial charge >= 0.3 is 0 Å². The largest absolute Gasteiger partial charge is 0.507 e. The van der Waals surface area contributed by atoms with Crippen LogP contribution in [0.2, 0.25) is 10.0 Å². The standard InChI is InChI=1S/C25H28Cl2N2O5/c1-5-11-34-17-8-6-7-15(12-17)21-20(23(31)25(32)29(21)10-9-28(2)3)22(30)18-13-16(26)14-19(27)24(18)33-4/h6-8,12-14,21,30H,5,9-11H2,1-4H3/b22-20+. The van der Waals surface area contributed by atoms with E-state index in [2.05, 4.69) is 0 Å². The number of rotatable bonds is 9. The van der Waals surface area contributed by atoms with Gasteiger partial charge in [-0.25, -0.2) is 0 Å². The van der Waals surface area contributed by atoms with E-state index in [0.717, 1.165) is 6.42 Å². The number of hydrogen-bond acceptors (Lipinski definition) is 6. The third kappa shape index (κ3) is 5.32. The van der Waals surface area contributed by atoms with Crippen LogP contribution in [0.1, 0.15) is 30.5 Å². The first kappa shape index (κ1) is 25.9. The maximum Gasteiger partial charge on any atom is 0.295 e. The molecule has 1 fully saturated rings. The molecular formula is C25H28Cl2N2O5. The van der Waals surface area contributed by atoms with Gasteiger partial charge in [0.25, 0.3) is 11.7 Å². The van der Waals surface area contributed by atoms with Crippen molar-refractivity contribution < 1.29 is 24.2 Å². The Hall–Kier alpha value is -2.74. The Balaban J connectivity index is 2.22. The molecule has 1 heterocycles. The van der Waals surface area contributed by atoms with Crippen molar-refractivity contribution in [2.45, 2.75) is 19.4 Å². The van der Waals surface area contributed by atoms with Gasteiger partial charge in [-0.05, 0) is 50.3 Å². The second kappa shape index (κ2) is 11.1. The van der Waals surface area contributed by atoms with Gasteiger partial charge in [-0.1, -0.05) is 42.3 Å². The van der Waals surface area contributed by atoms with Crippen molar-refractivity contribution in [1.82, 2.24) is 9.80 Å². The van der Waals surface area contributed by atoms with Crippen molar-refractivity contribution in [2.75, 3.05) is 40.9 Å². The van der Waals surface area contributed by atoms with Gasteiger partial charge in [-0.15, -0.1) is 0 Å². The number of carbonyl (C=O) groups excluding carboxylic acids is 2. The minimum absolute atomic E-state index is 0.0620. The van der Waals surface area contributed by atoms with E-state index >= 15 is 0 Å². The van der Waals surface area contributed by atoms with E-state index in [4.69, 9.17) is 32.7 Å². The molecule has 1 aliphatic heterocycles. The van der Waals surface area contributed by atoms with Crippen LogP contribution in [0.5, 0.6) is 11.5 Å². The highest BCUT2D eigenvalue weighted by Crippen LogP contribution is 2.43. The number of ketones is 1. The molecule has 1 aliphatic rings. The molecule has 0 aliphatic carbocycles. The van der Waals surface area contributed by atoms with Gasteiger partial charge in [0.1, 0.15) is 17.3 Å². The SMILES string of the molecule is CCCOc1cccc(C2/C(=C(\O)c3cc(Cl)cc(Cl)c3OC)C(=O)C(=O)N2CCN(C)C)c1.